The lowest BCUT2D eigenvalue weighted by molar-refractivity contribution is -0.142. The molecule has 2 rings (SSSR count). The van der Waals surface area contributed by atoms with Gasteiger partial charge in [-0.05, 0) is 31.1 Å². The summed E-state index contributed by atoms with van der Waals surface area (Å²) in [4.78, 5) is 14.8. The first-order valence-corrected chi connectivity index (χ1v) is 7.73. The summed E-state index contributed by atoms with van der Waals surface area (Å²) in [6.45, 7) is 4.71. The van der Waals surface area contributed by atoms with Crippen LogP contribution in [0.2, 0.25) is 0 Å². The highest BCUT2D eigenvalue weighted by Gasteiger charge is 2.40. The highest BCUT2D eigenvalue weighted by Crippen LogP contribution is 2.42. The van der Waals surface area contributed by atoms with Gasteiger partial charge in [0.05, 0.1) is 6.07 Å². The minimum absolute atomic E-state index is 0.0989. The van der Waals surface area contributed by atoms with Crippen LogP contribution in [0.5, 0.6) is 0 Å². The topological polar surface area (TPSA) is 44.1 Å². The molecule has 1 atom stereocenters. The molecule has 3 heteroatoms. The maximum absolute atomic E-state index is 12.9. The number of hydrogen-bond acceptors (Lipinski definition) is 2. The molecule has 2 aliphatic rings. The molecule has 0 aromatic carbocycles. The molecule has 106 valence electrons. The Morgan fingerprint density at radius 3 is 2.42 bits per heavy atom. The van der Waals surface area contributed by atoms with E-state index in [1.54, 1.807) is 0 Å². The van der Waals surface area contributed by atoms with Crippen LogP contribution >= 0.6 is 0 Å². The lowest BCUT2D eigenvalue weighted by Gasteiger charge is -2.41. The maximum Gasteiger partial charge on any atom is 0.227 e. The zero-order chi connectivity index (χ0) is 13.9. The van der Waals surface area contributed by atoms with Crippen molar-refractivity contribution in [3.63, 3.8) is 0 Å². The Morgan fingerprint density at radius 2 is 1.84 bits per heavy atom. The van der Waals surface area contributed by atoms with Crippen LogP contribution in [-0.2, 0) is 4.79 Å². The molecule has 1 amide bonds. The third-order valence-electron chi connectivity index (χ3n) is 5.09. The second-order valence-corrected chi connectivity index (χ2v) is 6.85. The molecule has 3 nitrogen and oxygen atoms in total. The van der Waals surface area contributed by atoms with Gasteiger partial charge in [0.2, 0.25) is 5.91 Å². The van der Waals surface area contributed by atoms with Gasteiger partial charge in [-0.1, -0.05) is 39.5 Å². The molecule has 0 aliphatic heterocycles. The standard InChI is InChI=1S/C16H26N2O/c1-16(2)10-6-5-9-14(16)15(19)18(12-11-17)13-7-3-4-8-13/h13-14H,3-10,12H2,1-2H3. The lowest BCUT2D eigenvalue weighted by atomic mass is 9.68. The Bertz CT molecular complexity index is 363. The SMILES string of the molecule is CC1(C)CCCCC1C(=O)N(CC#N)C1CCCC1. The van der Waals surface area contributed by atoms with Crippen LogP contribution in [0.4, 0.5) is 0 Å². The summed E-state index contributed by atoms with van der Waals surface area (Å²) >= 11 is 0. The molecule has 1 unspecified atom stereocenters. The largest absolute Gasteiger partial charge is 0.326 e. The van der Waals surface area contributed by atoms with E-state index in [4.69, 9.17) is 5.26 Å². The molecule has 0 saturated heterocycles. The molecular formula is C16H26N2O. The zero-order valence-electron chi connectivity index (χ0n) is 12.3. The molecule has 0 spiro atoms. The summed E-state index contributed by atoms with van der Waals surface area (Å²) in [5, 5.41) is 9.03. The quantitative estimate of drug-likeness (QED) is 0.731. The minimum Gasteiger partial charge on any atom is -0.326 e. The van der Waals surface area contributed by atoms with Crippen molar-refractivity contribution in [2.24, 2.45) is 11.3 Å². The summed E-state index contributed by atoms with van der Waals surface area (Å²) in [5.41, 5.74) is 0.0989. The molecule has 2 fully saturated rings. The van der Waals surface area contributed by atoms with E-state index in [0.29, 0.717) is 6.04 Å². The van der Waals surface area contributed by atoms with Crippen molar-refractivity contribution in [2.45, 2.75) is 71.3 Å². The van der Waals surface area contributed by atoms with E-state index in [1.165, 1.54) is 19.3 Å². The first kappa shape index (κ1) is 14.4. The van der Waals surface area contributed by atoms with Crippen LogP contribution in [0.15, 0.2) is 0 Å². The summed E-state index contributed by atoms with van der Waals surface area (Å²) in [5.74, 6) is 0.369. The van der Waals surface area contributed by atoms with Gasteiger partial charge in [0.15, 0.2) is 0 Å². The molecule has 0 N–H and O–H groups in total. The second-order valence-electron chi connectivity index (χ2n) is 6.85. The summed E-state index contributed by atoms with van der Waals surface area (Å²) in [6.07, 6.45) is 9.10. The van der Waals surface area contributed by atoms with Gasteiger partial charge < -0.3 is 4.90 Å². The van der Waals surface area contributed by atoms with E-state index in [9.17, 15) is 4.79 Å². The highest BCUT2D eigenvalue weighted by molar-refractivity contribution is 5.80. The van der Waals surface area contributed by atoms with E-state index in [-0.39, 0.29) is 23.8 Å². The van der Waals surface area contributed by atoms with Crippen molar-refractivity contribution in [2.75, 3.05) is 6.54 Å². The fourth-order valence-corrected chi connectivity index (χ4v) is 3.83. The van der Waals surface area contributed by atoms with Gasteiger partial charge in [0, 0.05) is 12.0 Å². The van der Waals surface area contributed by atoms with Crippen LogP contribution < -0.4 is 0 Å². The Balaban J connectivity index is 2.11. The number of rotatable bonds is 3. The predicted octanol–water partition coefficient (Wildman–Crippen LogP) is 3.50. The first-order valence-electron chi connectivity index (χ1n) is 7.73. The zero-order valence-corrected chi connectivity index (χ0v) is 12.3. The van der Waals surface area contributed by atoms with Gasteiger partial charge >= 0.3 is 0 Å². The number of nitrogens with zero attached hydrogens (tertiary/aromatic N) is 2. The van der Waals surface area contributed by atoms with Crippen molar-refractivity contribution in [1.29, 1.82) is 5.26 Å². The number of carbonyl (C=O) groups excluding carboxylic acids is 1. The van der Waals surface area contributed by atoms with E-state index >= 15 is 0 Å². The van der Waals surface area contributed by atoms with Crippen LogP contribution in [0.25, 0.3) is 0 Å². The molecular weight excluding hydrogens is 236 g/mol. The van der Waals surface area contributed by atoms with E-state index < -0.39 is 0 Å². The average Bonchev–Trinajstić information content (AvgIpc) is 2.88. The van der Waals surface area contributed by atoms with Gasteiger partial charge in [0.1, 0.15) is 6.54 Å². The van der Waals surface area contributed by atoms with Gasteiger partial charge in [-0.3, -0.25) is 4.79 Å². The third kappa shape index (κ3) is 3.11. The summed E-state index contributed by atoms with van der Waals surface area (Å²) in [6, 6.07) is 2.52. The molecule has 0 aromatic heterocycles. The average molecular weight is 262 g/mol. The Morgan fingerprint density at radius 1 is 1.21 bits per heavy atom. The summed E-state index contributed by atoms with van der Waals surface area (Å²) < 4.78 is 0. The van der Waals surface area contributed by atoms with Crippen LogP contribution in [0.1, 0.15) is 65.2 Å². The van der Waals surface area contributed by atoms with E-state index in [2.05, 4.69) is 19.9 Å². The van der Waals surface area contributed by atoms with Gasteiger partial charge in [0.25, 0.3) is 0 Å². The monoisotopic (exact) mass is 262 g/mol. The van der Waals surface area contributed by atoms with Crippen molar-refractivity contribution >= 4 is 5.91 Å². The molecule has 0 aromatic rings. The van der Waals surface area contributed by atoms with Gasteiger partial charge in [-0.25, -0.2) is 0 Å². The lowest BCUT2D eigenvalue weighted by Crippen LogP contribution is -2.47. The Hall–Kier alpha value is -1.04. The smallest absolute Gasteiger partial charge is 0.227 e. The van der Waals surface area contributed by atoms with Crippen LogP contribution in [0, 0.1) is 22.7 Å². The predicted molar refractivity (Wildman–Crippen MR) is 75.3 cm³/mol. The van der Waals surface area contributed by atoms with E-state index in [1.807, 2.05) is 4.90 Å². The second kappa shape index (κ2) is 5.94. The number of carbonyl (C=O) groups is 1. The van der Waals surface area contributed by atoms with Crippen LogP contribution in [-0.4, -0.2) is 23.4 Å². The van der Waals surface area contributed by atoms with Crippen molar-refractivity contribution in [3.05, 3.63) is 0 Å². The Labute approximate surface area is 117 Å². The molecule has 0 heterocycles. The van der Waals surface area contributed by atoms with Gasteiger partial charge in [-0.15, -0.1) is 0 Å². The first-order chi connectivity index (χ1) is 9.06. The number of nitriles is 1. The molecule has 2 aliphatic carbocycles. The minimum atomic E-state index is 0.0989. The number of hydrogen-bond donors (Lipinski definition) is 0. The highest BCUT2D eigenvalue weighted by atomic mass is 16.2. The van der Waals surface area contributed by atoms with Gasteiger partial charge in [-0.2, -0.15) is 5.26 Å². The molecule has 2 saturated carbocycles. The van der Waals surface area contributed by atoms with Crippen molar-refractivity contribution in [1.82, 2.24) is 4.90 Å². The normalized spacial score (nSPS) is 26.9. The maximum atomic E-state index is 12.9. The Kier molecular flexibility index (Phi) is 4.50. The molecule has 0 bridgehead atoms. The number of amides is 1. The van der Waals surface area contributed by atoms with E-state index in [0.717, 1.165) is 32.1 Å². The van der Waals surface area contributed by atoms with Crippen molar-refractivity contribution in [3.8, 4) is 6.07 Å². The molecule has 0 radical (unpaired) electrons. The van der Waals surface area contributed by atoms with Crippen molar-refractivity contribution < 1.29 is 4.79 Å². The third-order valence-corrected chi connectivity index (χ3v) is 5.09. The summed E-state index contributed by atoms with van der Waals surface area (Å²) in [7, 11) is 0. The molecule has 19 heavy (non-hydrogen) atoms. The fraction of sp³-hybridized carbons (Fsp3) is 0.875. The van der Waals surface area contributed by atoms with Crippen LogP contribution in [0.3, 0.4) is 0 Å². The fourth-order valence-electron chi connectivity index (χ4n) is 3.83.